The Morgan fingerprint density at radius 1 is 1.53 bits per heavy atom. The van der Waals surface area contributed by atoms with Crippen LogP contribution < -0.4 is 9.64 Å². The van der Waals surface area contributed by atoms with Crippen molar-refractivity contribution in [1.82, 2.24) is 0 Å². The van der Waals surface area contributed by atoms with Crippen LogP contribution in [-0.2, 0) is 4.79 Å². The molecule has 0 aliphatic carbocycles. The fourth-order valence-electron chi connectivity index (χ4n) is 3.07. The van der Waals surface area contributed by atoms with Crippen LogP contribution in [0.2, 0.25) is 0 Å². The summed E-state index contributed by atoms with van der Waals surface area (Å²) in [4.78, 5) is 14.0. The van der Waals surface area contributed by atoms with E-state index >= 15 is 0 Å². The number of carbonyl (C=O) groups is 1. The second-order valence-electron chi connectivity index (χ2n) is 5.71. The van der Waals surface area contributed by atoms with E-state index in [-0.39, 0.29) is 17.3 Å². The van der Waals surface area contributed by atoms with Crippen molar-refractivity contribution in [2.24, 2.45) is 0 Å². The molecule has 0 unspecified atom stereocenters. The molecule has 1 aliphatic rings. The molecule has 1 amide bonds. The molecule has 104 valence electrons. The van der Waals surface area contributed by atoms with Crippen LogP contribution in [0.1, 0.15) is 38.7 Å². The third kappa shape index (κ3) is 2.44. The Hall–Kier alpha value is -1.22. The lowest BCUT2D eigenvalue weighted by Gasteiger charge is -2.45. The van der Waals surface area contributed by atoms with Crippen LogP contribution in [0.3, 0.4) is 0 Å². The van der Waals surface area contributed by atoms with Gasteiger partial charge in [-0.15, -0.1) is 11.6 Å². The molecule has 1 aromatic carbocycles. The van der Waals surface area contributed by atoms with Crippen molar-refractivity contribution >= 4 is 23.2 Å². The number of rotatable bonds is 2. The van der Waals surface area contributed by atoms with E-state index in [2.05, 4.69) is 20.8 Å². The predicted molar refractivity (Wildman–Crippen MR) is 78.3 cm³/mol. The first kappa shape index (κ1) is 14.2. The van der Waals surface area contributed by atoms with E-state index < -0.39 is 0 Å². The van der Waals surface area contributed by atoms with Crippen molar-refractivity contribution in [2.45, 2.75) is 38.6 Å². The lowest BCUT2D eigenvalue weighted by Crippen LogP contribution is -2.52. The van der Waals surface area contributed by atoms with E-state index in [9.17, 15) is 4.79 Å². The Morgan fingerprint density at radius 2 is 2.21 bits per heavy atom. The van der Waals surface area contributed by atoms with E-state index in [0.29, 0.717) is 5.92 Å². The monoisotopic (exact) mass is 281 g/mol. The first-order chi connectivity index (χ1) is 8.90. The average molecular weight is 282 g/mol. The van der Waals surface area contributed by atoms with Gasteiger partial charge in [-0.1, -0.05) is 6.92 Å². The molecule has 3 nitrogen and oxygen atoms in total. The van der Waals surface area contributed by atoms with Crippen molar-refractivity contribution in [2.75, 3.05) is 17.9 Å². The SMILES string of the molecule is COc1ccc2c(c1)[C@@H](C)CC(C)(C)N2C(=O)CCl. The molecule has 0 aromatic heterocycles. The molecule has 0 spiro atoms. The highest BCUT2D eigenvalue weighted by Crippen LogP contribution is 2.44. The molecule has 1 aromatic rings. The molecular formula is C15H20ClNO2. The minimum absolute atomic E-state index is 0.00325. The quantitative estimate of drug-likeness (QED) is 0.776. The summed E-state index contributed by atoms with van der Waals surface area (Å²) in [5, 5.41) is 0. The number of hydrogen-bond acceptors (Lipinski definition) is 2. The van der Waals surface area contributed by atoms with Crippen LogP contribution in [0.15, 0.2) is 18.2 Å². The van der Waals surface area contributed by atoms with Crippen molar-refractivity contribution in [3.63, 3.8) is 0 Å². The third-order valence-electron chi connectivity index (χ3n) is 3.78. The standard InChI is InChI=1S/C15H20ClNO2/c1-10-8-15(2,3)17(14(18)9-16)13-6-5-11(19-4)7-12(10)13/h5-7,10H,8-9H2,1-4H3/t10-/m0/s1. The number of benzene rings is 1. The van der Waals surface area contributed by atoms with Crippen LogP contribution in [0, 0.1) is 0 Å². The fourth-order valence-corrected chi connectivity index (χ4v) is 3.19. The van der Waals surface area contributed by atoms with Crippen molar-refractivity contribution in [3.05, 3.63) is 23.8 Å². The summed E-state index contributed by atoms with van der Waals surface area (Å²) in [6.45, 7) is 6.35. The zero-order valence-electron chi connectivity index (χ0n) is 11.9. The molecule has 0 N–H and O–H groups in total. The minimum atomic E-state index is -0.215. The Bertz CT molecular complexity index is 499. The molecule has 4 heteroatoms. The maximum Gasteiger partial charge on any atom is 0.242 e. The van der Waals surface area contributed by atoms with Gasteiger partial charge < -0.3 is 9.64 Å². The van der Waals surface area contributed by atoms with Crippen LogP contribution in [0.5, 0.6) is 5.75 Å². The predicted octanol–water partition coefficient (Wildman–Crippen LogP) is 3.55. The van der Waals surface area contributed by atoms with E-state index in [1.807, 2.05) is 23.1 Å². The molecule has 0 radical (unpaired) electrons. The average Bonchev–Trinajstić information content (AvgIpc) is 2.37. The highest BCUT2D eigenvalue weighted by Gasteiger charge is 2.39. The van der Waals surface area contributed by atoms with Gasteiger partial charge >= 0.3 is 0 Å². The maximum atomic E-state index is 12.2. The van der Waals surface area contributed by atoms with Gasteiger partial charge in [-0.2, -0.15) is 0 Å². The molecule has 0 saturated heterocycles. The van der Waals surface area contributed by atoms with Gasteiger partial charge in [0, 0.05) is 11.2 Å². The zero-order valence-corrected chi connectivity index (χ0v) is 12.6. The van der Waals surface area contributed by atoms with Crippen LogP contribution >= 0.6 is 11.6 Å². The van der Waals surface area contributed by atoms with Gasteiger partial charge in [0.05, 0.1) is 7.11 Å². The first-order valence-electron chi connectivity index (χ1n) is 6.47. The normalized spacial score (nSPS) is 20.9. The number of ether oxygens (including phenoxy) is 1. The first-order valence-corrected chi connectivity index (χ1v) is 7.01. The molecule has 1 aliphatic heterocycles. The Labute approximate surface area is 119 Å². The van der Waals surface area contributed by atoms with E-state index in [0.717, 1.165) is 23.4 Å². The number of halogens is 1. The highest BCUT2D eigenvalue weighted by molar-refractivity contribution is 6.29. The van der Waals surface area contributed by atoms with Crippen molar-refractivity contribution in [1.29, 1.82) is 0 Å². The smallest absolute Gasteiger partial charge is 0.242 e. The second-order valence-corrected chi connectivity index (χ2v) is 5.97. The minimum Gasteiger partial charge on any atom is -0.497 e. The lowest BCUT2D eigenvalue weighted by atomic mass is 9.80. The number of fused-ring (bicyclic) bond motifs is 1. The summed E-state index contributed by atoms with van der Waals surface area (Å²) >= 11 is 5.76. The molecule has 2 rings (SSSR count). The third-order valence-corrected chi connectivity index (χ3v) is 4.01. The van der Waals surface area contributed by atoms with E-state index in [4.69, 9.17) is 16.3 Å². The van der Waals surface area contributed by atoms with Crippen molar-refractivity contribution < 1.29 is 9.53 Å². The number of anilines is 1. The largest absolute Gasteiger partial charge is 0.497 e. The lowest BCUT2D eigenvalue weighted by molar-refractivity contribution is -0.117. The number of nitrogens with zero attached hydrogens (tertiary/aromatic N) is 1. The van der Waals surface area contributed by atoms with Gasteiger partial charge in [-0.3, -0.25) is 4.79 Å². The Morgan fingerprint density at radius 3 is 2.79 bits per heavy atom. The van der Waals surface area contributed by atoms with Gasteiger partial charge in [-0.25, -0.2) is 0 Å². The molecule has 1 heterocycles. The van der Waals surface area contributed by atoms with Crippen molar-refractivity contribution in [3.8, 4) is 5.75 Å². The van der Waals surface area contributed by atoms with Gasteiger partial charge in [0.25, 0.3) is 0 Å². The van der Waals surface area contributed by atoms with Gasteiger partial charge in [0.1, 0.15) is 11.6 Å². The van der Waals surface area contributed by atoms with Gasteiger partial charge in [0.15, 0.2) is 0 Å². The topological polar surface area (TPSA) is 29.5 Å². The summed E-state index contributed by atoms with van der Waals surface area (Å²) in [5.41, 5.74) is 1.89. The molecule has 0 fully saturated rings. The molecule has 0 bridgehead atoms. The van der Waals surface area contributed by atoms with Crippen LogP contribution in [-0.4, -0.2) is 24.4 Å². The Balaban J connectivity index is 2.56. The zero-order chi connectivity index (χ0) is 14.2. The summed E-state index contributed by atoms with van der Waals surface area (Å²) in [6.07, 6.45) is 0.912. The molecule has 19 heavy (non-hydrogen) atoms. The molecule has 0 saturated carbocycles. The summed E-state index contributed by atoms with van der Waals surface area (Å²) in [6, 6.07) is 5.86. The number of carbonyl (C=O) groups excluding carboxylic acids is 1. The van der Waals surface area contributed by atoms with Gasteiger partial charge in [0.2, 0.25) is 5.91 Å². The summed E-state index contributed by atoms with van der Waals surface area (Å²) < 4.78 is 5.27. The maximum absolute atomic E-state index is 12.2. The Kier molecular flexibility index (Phi) is 3.77. The van der Waals surface area contributed by atoms with Gasteiger partial charge in [-0.05, 0) is 49.9 Å². The second kappa shape index (κ2) is 5.04. The molecular weight excluding hydrogens is 262 g/mol. The fraction of sp³-hybridized carbons (Fsp3) is 0.533. The molecule has 1 atom stereocenters. The summed E-state index contributed by atoms with van der Waals surface area (Å²) in [5.74, 6) is 1.16. The number of amides is 1. The highest BCUT2D eigenvalue weighted by atomic mass is 35.5. The van der Waals surface area contributed by atoms with E-state index in [1.54, 1.807) is 7.11 Å². The van der Waals surface area contributed by atoms with Crippen LogP contribution in [0.4, 0.5) is 5.69 Å². The summed E-state index contributed by atoms with van der Waals surface area (Å²) in [7, 11) is 1.65. The number of methoxy groups -OCH3 is 1. The van der Waals surface area contributed by atoms with Crippen LogP contribution in [0.25, 0.3) is 0 Å². The number of alkyl halides is 1. The number of hydrogen-bond donors (Lipinski definition) is 0. The van der Waals surface area contributed by atoms with E-state index in [1.165, 1.54) is 0 Å².